The van der Waals surface area contributed by atoms with Gasteiger partial charge in [-0.3, -0.25) is 0 Å². The van der Waals surface area contributed by atoms with E-state index < -0.39 is 0 Å². The normalized spacial score (nSPS) is 30.9. The van der Waals surface area contributed by atoms with Gasteiger partial charge in [-0.25, -0.2) is 0 Å². The van der Waals surface area contributed by atoms with E-state index >= 15 is 0 Å². The molecule has 16 heavy (non-hydrogen) atoms. The molecule has 0 saturated heterocycles. The highest BCUT2D eigenvalue weighted by molar-refractivity contribution is 4.82. The van der Waals surface area contributed by atoms with Crippen LogP contribution in [0.2, 0.25) is 0 Å². The van der Waals surface area contributed by atoms with Crippen LogP contribution in [-0.4, -0.2) is 13.2 Å². The van der Waals surface area contributed by atoms with Crippen molar-refractivity contribution in [2.75, 3.05) is 13.2 Å². The van der Waals surface area contributed by atoms with Gasteiger partial charge < -0.3 is 4.74 Å². The Hall–Kier alpha value is -0.0400. The van der Waals surface area contributed by atoms with Gasteiger partial charge in [0.25, 0.3) is 0 Å². The summed E-state index contributed by atoms with van der Waals surface area (Å²) in [7, 11) is 0. The molecular weight excluding hydrogens is 196 g/mol. The minimum Gasteiger partial charge on any atom is -0.381 e. The summed E-state index contributed by atoms with van der Waals surface area (Å²) >= 11 is 0. The zero-order valence-corrected chi connectivity index (χ0v) is 11.7. The molecule has 1 heteroatoms. The fourth-order valence-corrected chi connectivity index (χ4v) is 3.43. The van der Waals surface area contributed by atoms with E-state index in [-0.39, 0.29) is 0 Å². The van der Waals surface area contributed by atoms with Gasteiger partial charge >= 0.3 is 0 Å². The maximum Gasteiger partial charge on any atom is 0.0497 e. The molecule has 0 aliphatic heterocycles. The highest BCUT2D eigenvalue weighted by Gasteiger charge is 2.32. The van der Waals surface area contributed by atoms with Gasteiger partial charge in [0.2, 0.25) is 0 Å². The second-order valence-electron chi connectivity index (χ2n) is 5.92. The third-order valence-electron chi connectivity index (χ3n) is 4.18. The highest BCUT2D eigenvalue weighted by atomic mass is 16.5. The van der Waals surface area contributed by atoms with E-state index in [2.05, 4.69) is 27.7 Å². The molecule has 1 saturated carbocycles. The first-order valence-corrected chi connectivity index (χ1v) is 7.24. The van der Waals surface area contributed by atoms with Crippen LogP contribution < -0.4 is 0 Å². The Bertz CT molecular complexity index is 176. The number of hydrogen-bond acceptors (Lipinski definition) is 1. The topological polar surface area (TPSA) is 9.23 Å². The van der Waals surface area contributed by atoms with E-state index in [1.54, 1.807) is 0 Å². The first-order chi connectivity index (χ1) is 7.66. The molecular formula is C15H30O. The smallest absolute Gasteiger partial charge is 0.0497 e. The summed E-state index contributed by atoms with van der Waals surface area (Å²) in [5, 5.41) is 0. The molecule has 3 unspecified atom stereocenters. The van der Waals surface area contributed by atoms with Crippen LogP contribution in [0.15, 0.2) is 0 Å². The predicted molar refractivity (Wildman–Crippen MR) is 70.6 cm³/mol. The Morgan fingerprint density at radius 1 is 1.25 bits per heavy atom. The van der Waals surface area contributed by atoms with E-state index in [9.17, 15) is 0 Å². The van der Waals surface area contributed by atoms with Crippen LogP contribution in [0.1, 0.15) is 59.8 Å². The Balaban J connectivity index is 2.36. The monoisotopic (exact) mass is 226 g/mol. The van der Waals surface area contributed by atoms with E-state index in [0.29, 0.717) is 0 Å². The van der Waals surface area contributed by atoms with Crippen molar-refractivity contribution in [1.82, 2.24) is 0 Å². The quantitative estimate of drug-likeness (QED) is 0.605. The number of rotatable bonds is 6. The third kappa shape index (κ3) is 4.08. The van der Waals surface area contributed by atoms with Crippen molar-refractivity contribution in [2.24, 2.45) is 23.7 Å². The fraction of sp³-hybridized carbons (Fsp3) is 1.00. The summed E-state index contributed by atoms with van der Waals surface area (Å²) in [5.41, 5.74) is 0. The molecule has 0 aromatic rings. The van der Waals surface area contributed by atoms with Gasteiger partial charge in [-0.15, -0.1) is 0 Å². The summed E-state index contributed by atoms with van der Waals surface area (Å²) in [6, 6.07) is 0. The van der Waals surface area contributed by atoms with Crippen LogP contribution in [0.25, 0.3) is 0 Å². The predicted octanol–water partition coefficient (Wildman–Crippen LogP) is 4.51. The fourth-order valence-electron chi connectivity index (χ4n) is 3.43. The highest BCUT2D eigenvalue weighted by Crippen LogP contribution is 2.39. The summed E-state index contributed by atoms with van der Waals surface area (Å²) in [4.78, 5) is 0. The van der Waals surface area contributed by atoms with Gasteiger partial charge in [0.1, 0.15) is 0 Å². The van der Waals surface area contributed by atoms with E-state index in [1.165, 1.54) is 32.1 Å². The van der Waals surface area contributed by atoms with Crippen LogP contribution in [0.3, 0.4) is 0 Å². The van der Waals surface area contributed by atoms with Gasteiger partial charge in [0.15, 0.2) is 0 Å². The molecule has 0 bridgehead atoms. The average molecular weight is 226 g/mol. The molecule has 1 fully saturated rings. The lowest BCUT2D eigenvalue weighted by Crippen LogP contribution is -2.33. The lowest BCUT2D eigenvalue weighted by molar-refractivity contribution is 0.0220. The SMILES string of the molecule is CCCCOCC1CCCC(C)C1C(C)C. The Morgan fingerprint density at radius 3 is 2.62 bits per heavy atom. The summed E-state index contributed by atoms with van der Waals surface area (Å²) in [6.45, 7) is 11.4. The van der Waals surface area contributed by atoms with Gasteiger partial charge in [-0.05, 0) is 36.5 Å². The number of unbranched alkanes of at least 4 members (excludes halogenated alkanes) is 1. The van der Waals surface area contributed by atoms with Gasteiger partial charge in [-0.2, -0.15) is 0 Å². The minimum atomic E-state index is 0.815. The lowest BCUT2D eigenvalue weighted by atomic mass is 9.68. The molecule has 0 amide bonds. The van der Waals surface area contributed by atoms with Crippen molar-refractivity contribution in [2.45, 2.75) is 59.8 Å². The van der Waals surface area contributed by atoms with Crippen molar-refractivity contribution >= 4 is 0 Å². The summed E-state index contributed by atoms with van der Waals surface area (Å²) < 4.78 is 5.84. The second-order valence-corrected chi connectivity index (χ2v) is 5.92. The van der Waals surface area contributed by atoms with Crippen molar-refractivity contribution in [3.05, 3.63) is 0 Å². The van der Waals surface area contributed by atoms with Crippen LogP contribution in [0, 0.1) is 23.7 Å². The third-order valence-corrected chi connectivity index (χ3v) is 4.18. The van der Waals surface area contributed by atoms with Gasteiger partial charge in [-0.1, -0.05) is 47.0 Å². The lowest BCUT2D eigenvalue weighted by Gasteiger charge is -2.39. The Labute approximate surface area is 102 Å². The largest absolute Gasteiger partial charge is 0.381 e. The first kappa shape index (κ1) is 14.0. The van der Waals surface area contributed by atoms with Crippen molar-refractivity contribution in [3.63, 3.8) is 0 Å². The molecule has 96 valence electrons. The molecule has 1 aliphatic rings. The van der Waals surface area contributed by atoms with Crippen LogP contribution in [0.4, 0.5) is 0 Å². The minimum absolute atomic E-state index is 0.815. The van der Waals surface area contributed by atoms with E-state index in [1.807, 2.05) is 0 Å². The van der Waals surface area contributed by atoms with Gasteiger partial charge in [0, 0.05) is 13.2 Å². The molecule has 0 heterocycles. The van der Waals surface area contributed by atoms with E-state index in [4.69, 9.17) is 4.74 Å². The average Bonchev–Trinajstić information content (AvgIpc) is 2.24. The zero-order chi connectivity index (χ0) is 12.0. The van der Waals surface area contributed by atoms with E-state index in [0.717, 1.165) is 36.9 Å². The van der Waals surface area contributed by atoms with Crippen LogP contribution >= 0.6 is 0 Å². The van der Waals surface area contributed by atoms with Gasteiger partial charge in [0.05, 0.1) is 0 Å². The standard InChI is InChI=1S/C15H30O/c1-5-6-10-16-11-14-9-7-8-13(4)15(14)12(2)3/h12-15H,5-11H2,1-4H3. The maximum atomic E-state index is 5.84. The van der Waals surface area contributed by atoms with Crippen molar-refractivity contribution in [3.8, 4) is 0 Å². The molecule has 0 aromatic heterocycles. The van der Waals surface area contributed by atoms with Crippen LogP contribution in [0.5, 0.6) is 0 Å². The molecule has 0 aromatic carbocycles. The number of hydrogen-bond donors (Lipinski definition) is 0. The molecule has 0 spiro atoms. The number of ether oxygens (including phenoxy) is 1. The Morgan fingerprint density at radius 2 is 2.00 bits per heavy atom. The zero-order valence-electron chi connectivity index (χ0n) is 11.7. The Kier molecular flexibility index (Phi) is 6.41. The first-order valence-electron chi connectivity index (χ1n) is 7.24. The van der Waals surface area contributed by atoms with Crippen molar-refractivity contribution < 1.29 is 4.74 Å². The van der Waals surface area contributed by atoms with Crippen LogP contribution in [-0.2, 0) is 4.74 Å². The molecule has 3 atom stereocenters. The summed E-state index contributed by atoms with van der Waals surface area (Å²) in [6.07, 6.45) is 6.68. The molecule has 1 aliphatic carbocycles. The summed E-state index contributed by atoms with van der Waals surface area (Å²) in [5.74, 6) is 3.42. The molecule has 1 rings (SSSR count). The second kappa shape index (κ2) is 7.32. The molecule has 1 nitrogen and oxygen atoms in total. The maximum absolute atomic E-state index is 5.84. The molecule has 0 radical (unpaired) electrons. The molecule has 0 N–H and O–H groups in total. The van der Waals surface area contributed by atoms with Crippen molar-refractivity contribution in [1.29, 1.82) is 0 Å².